The highest BCUT2D eigenvalue weighted by atomic mass is 19.1. The molecule has 0 bridgehead atoms. The molecule has 0 unspecified atom stereocenters. The summed E-state index contributed by atoms with van der Waals surface area (Å²) in [5.74, 6) is -0.498. The molecule has 4 aromatic rings. The van der Waals surface area contributed by atoms with E-state index in [0.29, 0.717) is 49.1 Å². The summed E-state index contributed by atoms with van der Waals surface area (Å²) in [7, 11) is 0. The summed E-state index contributed by atoms with van der Waals surface area (Å²) in [6, 6.07) is 4.99. The zero-order valence-electron chi connectivity index (χ0n) is 25.2. The van der Waals surface area contributed by atoms with Crippen molar-refractivity contribution in [2.75, 3.05) is 37.7 Å². The number of hydrogen-bond acceptors (Lipinski definition) is 8. The second-order valence-electron chi connectivity index (χ2n) is 13.1. The third-order valence-electron chi connectivity index (χ3n) is 10.3. The number of imide groups is 1. The van der Waals surface area contributed by atoms with Crippen LogP contribution in [0.25, 0.3) is 32.9 Å². The van der Waals surface area contributed by atoms with Crippen molar-refractivity contribution in [3.05, 3.63) is 41.3 Å². The van der Waals surface area contributed by atoms with Crippen LogP contribution in [0.2, 0.25) is 0 Å². The van der Waals surface area contributed by atoms with E-state index in [-0.39, 0.29) is 30.6 Å². The Morgan fingerprint density at radius 3 is 2.78 bits per heavy atom. The van der Waals surface area contributed by atoms with Crippen LogP contribution in [0.4, 0.5) is 19.4 Å². The Morgan fingerprint density at radius 2 is 1.96 bits per heavy atom. The number of halogens is 2. The smallest absolute Gasteiger partial charge is 0.322 e. The minimum atomic E-state index is -1.11. The molecular formula is C32H34F2N8O3. The Hall–Kier alpha value is -4.39. The summed E-state index contributed by atoms with van der Waals surface area (Å²) in [6.45, 7) is 6.02. The number of amides is 3. The number of carbonyl (C=O) groups excluding carboxylic acids is 2. The molecule has 13 heteroatoms. The highest BCUT2D eigenvalue weighted by Crippen LogP contribution is 2.42. The van der Waals surface area contributed by atoms with Crippen LogP contribution in [0.1, 0.15) is 43.2 Å². The molecule has 4 aliphatic heterocycles. The standard InChI is InChI=1S/C32H34F2N8O3/c1-17-11-23-22(13-35-40-23)24(18(17)2)20-5-6-21-26(25(20)34)36-30(45-16-31-7-3-10-42(31)14-19(33)12-31)37-27(21)41-9-4-8-32(15-41)28(43)38-29(44)39-32/h5-6,11,13,19H,3-4,7-10,12,14-16H2,1-2H3,(H,35,40)(H2,38,39,43,44)/t19-,31+,32-/m1/s1. The summed E-state index contributed by atoms with van der Waals surface area (Å²) in [6.07, 6.45) is 4.00. The number of benzene rings is 2. The lowest BCUT2D eigenvalue weighted by molar-refractivity contribution is -0.124. The zero-order chi connectivity index (χ0) is 31.1. The van der Waals surface area contributed by atoms with E-state index in [1.54, 1.807) is 18.3 Å². The third-order valence-corrected chi connectivity index (χ3v) is 10.3. The maximum atomic E-state index is 16.9. The number of nitrogens with zero attached hydrogens (tertiary/aromatic N) is 5. The third kappa shape index (κ3) is 4.34. The molecule has 11 nitrogen and oxygen atoms in total. The van der Waals surface area contributed by atoms with Gasteiger partial charge in [-0.3, -0.25) is 20.1 Å². The van der Waals surface area contributed by atoms with E-state index in [1.807, 2.05) is 24.8 Å². The Bertz CT molecular complexity index is 1900. The van der Waals surface area contributed by atoms with E-state index in [1.165, 1.54) is 0 Å². The van der Waals surface area contributed by atoms with Crippen molar-refractivity contribution in [2.24, 2.45) is 0 Å². The number of carbonyl (C=O) groups is 2. The van der Waals surface area contributed by atoms with E-state index >= 15 is 4.39 Å². The molecule has 3 N–H and O–H groups in total. The number of fused-ring (bicyclic) bond motifs is 3. The van der Waals surface area contributed by atoms with Crippen LogP contribution >= 0.6 is 0 Å². The number of anilines is 1. The molecule has 3 amide bonds. The van der Waals surface area contributed by atoms with Crippen molar-refractivity contribution in [1.82, 2.24) is 35.7 Å². The molecule has 0 saturated carbocycles. The van der Waals surface area contributed by atoms with Gasteiger partial charge in [0.25, 0.3) is 5.91 Å². The van der Waals surface area contributed by atoms with E-state index in [9.17, 15) is 14.0 Å². The molecular weight excluding hydrogens is 582 g/mol. The van der Waals surface area contributed by atoms with E-state index in [2.05, 4.69) is 30.7 Å². The fourth-order valence-electron chi connectivity index (χ4n) is 8.00. The van der Waals surface area contributed by atoms with E-state index in [0.717, 1.165) is 47.0 Å². The van der Waals surface area contributed by atoms with Crippen LogP contribution < -0.4 is 20.3 Å². The van der Waals surface area contributed by atoms with Crippen molar-refractivity contribution in [1.29, 1.82) is 0 Å². The van der Waals surface area contributed by atoms with Gasteiger partial charge in [-0.2, -0.15) is 15.1 Å². The van der Waals surface area contributed by atoms with Crippen LogP contribution in [-0.4, -0.2) is 87.0 Å². The molecule has 8 rings (SSSR count). The second kappa shape index (κ2) is 10.1. The molecule has 0 radical (unpaired) electrons. The van der Waals surface area contributed by atoms with E-state index in [4.69, 9.17) is 9.72 Å². The molecule has 6 heterocycles. The van der Waals surface area contributed by atoms with Gasteiger partial charge in [0.1, 0.15) is 29.7 Å². The number of hydrogen-bond donors (Lipinski definition) is 3. The SMILES string of the molecule is Cc1cc2[nH]ncc2c(-c2ccc3c(N4CCC[C@]5(C4)NC(=O)NC5=O)nc(OC[C@@]45CCCN4C[C@H](F)C5)nc3c2F)c1C. The topological polar surface area (TPSA) is 128 Å². The van der Waals surface area contributed by atoms with Gasteiger partial charge in [-0.05, 0) is 74.9 Å². The van der Waals surface area contributed by atoms with Gasteiger partial charge in [0.05, 0.1) is 23.8 Å². The number of H-pyrrole nitrogens is 1. The number of aryl methyl sites for hydroxylation is 1. The van der Waals surface area contributed by atoms with Crippen LogP contribution in [0.5, 0.6) is 6.01 Å². The predicted molar refractivity (Wildman–Crippen MR) is 163 cm³/mol. The highest BCUT2D eigenvalue weighted by Gasteiger charge is 2.50. The number of aromatic nitrogens is 4. The molecule has 0 aliphatic carbocycles. The molecule has 4 fully saturated rings. The predicted octanol–water partition coefficient (Wildman–Crippen LogP) is 4.06. The number of aromatic amines is 1. The first-order valence-corrected chi connectivity index (χ1v) is 15.5. The monoisotopic (exact) mass is 616 g/mol. The maximum absolute atomic E-state index is 16.9. The summed E-state index contributed by atoms with van der Waals surface area (Å²) in [4.78, 5) is 38.4. The summed E-state index contributed by atoms with van der Waals surface area (Å²) in [5.41, 5.74) is 2.36. The second-order valence-corrected chi connectivity index (χ2v) is 13.1. The van der Waals surface area contributed by atoms with Crippen molar-refractivity contribution >= 4 is 39.6 Å². The van der Waals surface area contributed by atoms with Crippen molar-refractivity contribution in [3.63, 3.8) is 0 Å². The van der Waals surface area contributed by atoms with Gasteiger partial charge >= 0.3 is 12.0 Å². The number of alkyl halides is 1. The first-order valence-electron chi connectivity index (χ1n) is 15.5. The Morgan fingerprint density at radius 1 is 1.11 bits per heavy atom. The number of rotatable bonds is 5. The lowest BCUT2D eigenvalue weighted by atomic mass is 9.89. The van der Waals surface area contributed by atoms with Gasteiger partial charge in [-0.1, -0.05) is 6.07 Å². The molecule has 45 heavy (non-hydrogen) atoms. The van der Waals surface area contributed by atoms with Crippen molar-refractivity contribution in [2.45, 2.75) is 63.2 Å². The van der Waals surface area contributed by atoms with Gasteiger partial charge < -0.3 is 15.0 Å². The molecule has 3 atom stereocenters. The largest absolute Gasteiger partial charge is 0.461 e. The quantitative estimate of drug-likeness (QED) is 0.287. The Labute approximate surface area is 257 Å². The zero-order valence-corrected chi connectivity index (χ0v) is 25.2. The lowest BCUT2D eigenvalue weighted by Gasteiger charge is -2.39. The van der Waals surface area contributed by atoms with E-state index < -0.39 is 29.1 Å². The lowest BCUT2D eigenvalue weighted by Crippen LogP contribution is -2.58. The number of urea groups is 1. The van der Waals surface area contributed by atoms with Crippen molar-refractivity contribution in [3.8, 4) is 17.1 Å². The highest BCUT2D eigenvalue weighted by molar-refractivity contribution is 6.08. The van der Waals surface area contributed by atoms with Gasteiger partial charge in [-0.15, -0.1) is 0 Å². The fraction of sp³-hybridized carbons (Fsp3) is 0.469. The first kappa shape index (κ1) is 28.1. The molecule has 4 saturated heterocycles. The number of piperidine rings is 1. The van der Waals surface area contributed by atoms with Crippen molar-refractivity contribution < 1.29 is 23.1 Å². The molecule has 2 aromatic carbocycles. The van der Waals surface area contributed by atoms with Gasteiger partial charge in [0.15, 0.2) is 5.82 Å². The van der Waals surface area contributed by atoms with Crippen LogP contribution in [0.15, 0.2) is 24.4 Å². The molecule has 4 aliphatic rings. The minimum absolute atomic E-state index is 0.00830. The fourth-order valence-corrected chi connectivity index (χ4v) is 8.00. The molecule has 234 valence electrons. The first-order chi connectivity index (χ1) is 21.7. The molecule has 1 spiro atoms. The average molecular weight is 617 g/mol. The van der Waals surface area contributed by atoms with Crippen LogP contribution in [-0.2, 0) is 4.79 Å². The Balaban J connectivity index is 1.26. The number of ether oxygens (including phenoxy) is 1. The minimum Gasteiger partial charge on any atom is -0.461 e. The van der Waals surface area contributed by atoms with Gasteiger partial charge in [0.2, 0.25) is 0 Å². The summed E-state index contributed by atoms with van der Waals surface area (Å²) in [5, 5.41) is 13.6. The Kier molecular flexibility index (Phi) is 6.28. The normalized spacial score (nSPS) is 26.7. The van der Waals surface area contributed by atoms with Gasteiger partial charge in [0, 0.05) is 35.8 Å². The average Bonchev–Trinajstić information content (AvgIpc) is 3.76. The summed E-state index contributed by atoms with van der Waals surface area (Å²) >= 11 is 0. The van der Waals surface area contributed by atoms with Crippen LogP contribution in [0, 0.1) is 19.7 Å². The van der Waals surface area contributed by atoms with Gasteiger partial charge in [-0.25, -0.2) is 13.6 Å². The molecule has 2 aromatic heterocycles. The van der Waals surface area contributed by atoms with Crippen LogP contribution in [0.3, 0.4) is 0 Å². The summed E-state index contributed by atoms with van der Waals surface area (Å²) < 4.78 is 37.6. The maximum Gasteiger partial charge on any atom is 0.322 e. The number of nitrogens with one attached hydrogen (secondary N) is 3.